The number of rotatable bonds is 4. The van der Waals surface area contributed by atoms with Crippen molar-refractivity contribution in [2.45, 2.75) is 6.42 Å². The van der Waals surface area contributed by atoms with Crippen LogP contribution in [0.25, 0.3) is 11.4 Å². The first kappa shape index (κ1) is 13.1. The van der Waals surface area contributed by atoms with Crippen LogP contribution in [0.5, 0.6) is 5.75 Å². The zero-order valence-corrected chi connectivity index (χ0v) is 11.9. The number of ether oxygens (including phenoxy) is 1. The van der Waals surface area contributed by atoms with Crippen molar-refractivity contribution in [1.29, 1.82) is 0 Å². The summed E-state index contributed by atoms with van der Waals surface area (Å²) in [6.07, 6.45) is 0.569. The van der Waals surface area contributed by atoms with Gasteiger partial charge in [0.25, 0.3) is 0 Å². The lowest BCUT2D eigenvalue weighted by Gasteiger charge is -2.09. The van der Waals surface area contributed by atoms with Crippen LogP contribution < -0.4 is 4.74 Å². The summed E-state index contributed by atoms with van der Waals surface area (Å²) in [5, 5.41) is 9.06. The summed E-state index contributed by atoms with van der Waals surface area (Å²) in [6, 6.07) is 7.75. The smallest absolute Gasteiger partial charge is 0.145 e. The number of hydrogen-bond acceptors (Lipinski definition) is 3. The average molecular weight is 311 g/mol. The molecule has 1 aromatic heterocycles. The molecule has 0 aliphatic carbocycles. The van der Waals surface area contributed by atoms with E-state index in [-0.39, 0.29) is 6.61 Å². The van der Waals surface area contributed by atoms with E-state index >= 15 is 0 Å². The average Bonchev–Trinajstić information content (AvgIpc) is 2.67. The van der Waals surface area contributed by atoms with E-state index in [1.165, 1.54) is 0 Å². The highest BCUT2D eigenvalue weighted by Gasteiger charge is 2.16. The minimum Gasteiger partial charge on any atom is -0.496 e. The largest absolute Gasteiger partial charge is 0.496 e. The van der Waals surface area contributed by atoms with Crippen LogP contribution in [0.4, 0.5) is 0 Å². The first-order chi connectivity index (χ1) is 8.69. The molecule has 0 saturated carbocycles. The SMILES string of the molecule is COc1ccccc1-c1nc(Br)c(CCO)n1C. The van der Waals surface area contributed by atoms with E-state index in [9.17, 15) is 0 Å². The summed E-state index contributed by atoms with van der Waals surface area (Å²) in [7, 11) is 3.58. The Hall–Kier alpha value is -1.33. The van der Waals surface area contributed by atoms with Gasteiger partial charge in [-0.3, -0.25) is 0 Å². The molecule has 0 unspecified atom stereocenters. The molecule has 1 aromatic carbocycles. The summed E-state index contributed by atoms with van der Waals surface area (Å²) in [5.74, 6) is 1.61. The van der Waals surface area contributed by atoms with Crippen LogP contribution in [0.2, 0.25) is 0 Å². The van der Waals surface area contributed by atoms with Gasteiger partial charge in [-0.1, -0.05) is 12.1 Å². The molecule has 2 rings (SSSR count). The van der Waals surface area contributed by atoms with Gasteiger partial charge >= 0.3 is 0 Å². The number of imidazole rings is 1. The molecule has 0 bridgehead atoms. The van der Waals surface area contributed by atoms with Gasteiger partial charge in [0.15, 0.2) is 0 Å². The van der Waals surface area contributed by atoms with Crippen LogP contribution in [0.3, 0.4) is 0 Å². The molecule has 0 aliphatic heterocycles. The molecule has 0 spiro atoms. The number of nitrogens with zero attached hydrogens (tertiary/aromatic N) is 2. The molecule has 0 amide bonds. The lowest BCUT2D eigenvalue weighted by Crippen LogP contribution is -2.02. The Morgan fingerprint density at radius 3 is 2.78 bits per heavy atom. The third kappa shape index (κ3) is 2.28. The minimum atomic E-state index is 0.101. The predicted molar refractivity (Wildman–Crippen MR) is 73.7 cm³/mol. The first-order valence-corrected chi connectivity index (χ1v) is 6.43. The predicted octanol–water partition coefficient (Wildman–Crippen LogP) is 2.39. The topological polar surface area (TPSA) is 47.3 Å². The molecule has 2 aromatic rings. The van der Waals surface area contributed by atoms with Gasteiger partial charge in [0.2, 0.25) is 0 Å². The number of aliphatic hydroxyl groups is 1. The fourth-order valence-electron chi connectivity index (χ4n) is 1.95. The van der Waals surface area contributed by atoms with Gasteiger partial charge in [-0.25, -0.2) is 4.98 Å². The van der Waals surface area contributed by atoms with Crippen LogP contribution >= 0.6 is 15.9 Å². The van der Waals surface area contributed by atoms with E-state index in [0.717, 1.165) is 27.4 Å². The van der Waals surface area contributed by atoms with Crippen LogP contribution in [-0.4, -0.2) is 28.4 Å². The fourth-order valence-corrected chi connectivity index (χ4v) is 2.58. The van der Waals surface area contributed by atoms with Crippen molar-refractivity contribution in [3.8, 4) is 17.1 Å². The van der Waals surface area contributed by atoms with Crippen LogP contribution in [0.1, 0.15) is 5.69 Å². The van der Waals surface area contributed by atoms with E-state index in [1.807, 2.05) is 35.9 Å². The zero-order chi connectivity index (χ0) is 13.1. The Balaban J connectivity index is 2.54. The van der Waals surface area contributed by atoms with Crippen LogP contribution in [0, 0.1) is 0 Å². The lowest BCUT2D eigenvalue weighted by atomic mass is 10.2. The van der Waals surface area contributed by atoms with Gasteiger partial charge in [-0.2, -0.15) is 0 Å². The summed E-state index contributed by atoms with van der Waals surface area (Å²) >= 11 is 3.43. The van der Waals surface area contributed by atoms with Crippen molar-refractivity contribution in [2.75, 3.05) is 13.7 Å². The molecule has 0 saturated heterocycles. The molecule has 4 nitrogen and oxygen atoms in total. The van der Waals surface area contributed by atoms with Crippen molar-refractivity contribution in [3.63, 3.8) is 0 Å². The van der Waals surface area contributed by atoms with Crippen molar-refractivity contribution in [1.82, 2.24) is 9.55 Å². The second-order valence-corrected chi connectivity index (χ2v) is 4.66. The van der Waals surface area contributed by atoms with Crippen molar-refractivity contribution < 1.29 is 9.84 Å². The van der Waals surface area contributed by atoms with E-state index < -0.39 is 0 Å². The monoisotopic (exact) mass is 310 g/mol. The van der Waals surface area contributed by atoms with Crippen LogP contribution in [0.15, 0.2) is 28.9 Å². The van der Waals surface area contributed by atoms with Gasteiger partial charge in [0, 0.05) is 20.1 Å². The van der Waals surface area contributed by atoms with Gasteiger partial charge < -0.3 is 14.4 Å². The second-order valence-electron chi connectivity index (χ2n) is 3.91. The Labute approximate surface area is 114 Å². The lowest BCUT2D eigenvalue weighted by molar-refractivity contribution is 0.296. The molecule has 0 radical (unpaired) electrons. The molecule has 0 fully saturated rings. The van der Waals surface area contributed by atoms with Gasteiger partial charge in [0.05, 0.1) is 18.4 Å². The standard InChI is InChI=1S/C13H15BrN2O2/c1-16-10(7-8-17)12(14)15-13(16)9-5-3-4-6-11(9)18-2/h3-6,17H,7-8H2,1-2H3. The molecular weight excluding hydrogens is 296 g/mol. The Bertz CT molecular complexity index is 552. The van der Waals surface area contributed by atoms with E-state index in [2.05, 4.69) is 20.9 Å². The Morgan fingerprint density at radius 2 is 2.11 bits per heavy atom. The first-order valence-electron chi connectivity index (χ1n) is 5.64. The Morgan fingerprint density at radius 1 is 1.39 bits per heavy atom. The number of aliphatic hydroxyl groups excluding tert-OH is 1. The highest BCUT2D eigenvalue weighted by atomic mass is 79.9. The number of benzene rings is 1. The maximum atomic E-state index is 9.06. The summed E-state index contributed by atoms with van der Waals surface area (Å²) in [6.45, 7) is 0.101. The highest BCUT2D eigenvalue weighted by molar-refractivity contribution is 9.10. The van der Waals surface area contributed by atoms with Gasteiger partial charge in [-0.05, 0) is 28.1 Å². The summed E-state index contributed by atoms with van der Waals surface area (Å²) in [5.41, 5.74) is 1.91. The fraction of sp³-hybridized carbons (Fsp3) is 0.308. The van der Waals surface area contributed by atoms with Crippen LogP contribution in [-0.2, 0) is 13.5 Å². The summed E-state index contributed by atoms with van der Waals surface area (Å²) < 4.78 is 8.08. The maximum absolute atomic E-state index is 9.06. The molecule has 1 N–H and O–H groups in total. The number of methoxy groups -OCH3 is 1. The molecule has 96 valence electrons. The molecule has 0 atom stereocenters. The van der Waals surface area contributed by atoms with Crippen molar-refractivity contribution in [2.24, 2.45) is 7.05 Å². The maximum Gasteiger partial charge on any atom is 0.145 e. The zero-order valence-electron chi connectivity index (χ0n) is 10.4. The molecule has 1 heterocycles. The van der Waals surface area contributed by atoms with Gasteiger partial charge in [-0.15, -0.1) is 0 Å². The molecule has 5 heteroatoms. The van der Waals surface area contributed by atoms with Crippen molar-refractivity contribution in [3.05, 3.63) is 34.6 Å². The number of hydrogen-bond donors (Lipinski definition) is 1. The summed E-state index contributed by atoms with van der Waals surface area (Å²) in [4.78, 5) is 4.50. The van der Waals surface area contributed by atoms with E-state index in [1.54, 1.807) is 7.11 Å². The number of aromatic nitrogens is 2. The molecule has 0 aliphatic rings. The number of para-hydroxylation sites is 1. The minimum absolute atomic E-state index is 0.101. The van der Waals surface area contributed by atoms with Crippen molar-refractivity contribution >= 4 is 15.9 Å². The van der Waals surface area contributed by atoms with Gasteiger partial charge in [0.1, 0.15) is 16.2 Å². The Kier molecular flexibility index (Phi) is 4.04. The molecule has 18 heavy (non-hydrogen) atoms. The highest BCUT2D eigenvalue weighted by Crippen LogP contribution is 2.31. The van der Waals surface area contributed by atoms with E-state index in [0.29, 0.717) is 6.42 Å². The second kappa shape index (κ2) is 5.54. The van der Waals surface area contributed by atoms with E-state index in [4.69, 9.17) is 9.84 Å². The number of halogens is 1. The quantitative estimate of drug-likeness (QED) is 0.943. The third-order valence-corrected chi connectivity index (χ3v) is 3.50. The molecular formula is C13H15BrN2O2. The third-order valence-electron chi connectivity index (χ3n) is 2.86. The normalized spacial score (nSPS) is 10.7.